The van der Waals surface area contributed by atoms with Crippen molar-refractivity contribution in [1.29, 1.82) is 0 Å². The monoisotopic (exact) mass is 326 g/mol. The van der Waals surface area contributed by atoms with Crippen molar-refractivity contribution < 1.29 is 23.1 Å². The van der Waals surface area contributed by atoms with Crippen LogP contribution in [0.2, 0.25) is 0 Å². The van der Waals surface area contributed by atoms with Gasteiger partial charge in [-0.1, -0.05) is 19.1 Å². The Kier molecular flexibility index (Phi) is 7.73. The van der Waals surface area contributed by atoms with Crippen LogP contribution in [-0.2, 0) is 9.59 Å². The van der Waals surface area contributed by atoms with E-state index in [0.717, 1.165) is 6.42 Å². The molecule has 0 aliphatic rings. The molecule has 1 rings (SSSR count). The predicted octanol–water partition coefficient (Wildman–Crippen LogP) is 2.33. The SMILES string of the molecule is CCCNC(=O)[C@H](C)NC(=O)/C=C/c1ccc(OC(F)F)cc1. The second-order valence-electron chi connectivity index (χ2n) is 4.80. The molecule has 0 bridgehead atoms. The van der Waals surface area contributed by atoms with Crippen LogP contribution in [0.1, 0.15) is 25.8 Å². The first-order valence-electron chi connectivity index (χ1n) is 7.23. The molecule has 1 aromatic carbocycles. The molecule has 0 aliphatic heterocycles. The lowest BCUT2D eigenvalue weighted by atomic mass is 10.2. The summed E-state index contributed by atoms with van der Waals surface area (Å²) in [7, 11) is 0. The number of benzene rings is 1. The topological polar surface area (TPSA) is 67.4 Å². The lowest BCUT2D eigenvalue weighted by molar-refractivity contribution is -0.126. The van der Waals surface area contributed by atoms with Gasteiger partial charge in [-0.15, -0.1) is 0 Å². The largest absolute Gasteiger partial charge is 0.435 e. The summed E-state index contributed by atoms with van der Waals surface area (Å²) in [6, 6.07) is 5.20. The van der Waals surface area contributed by atoms with Crippen molar-refractivity contribution in [2.24, 2.45) is 0 Å². The Morgan fingerprint density at radius 1 is 1.26 bits per heavy atom. The summed E-state index contributed by atoms with van der Waals surface area (Å²) in [6.45, 7) is 1.21. The normalized spacial score (nSPS) is 12.2. The van der Waals surface area contributed by atoms with E-state index in [1.807, 2.05) is 6.92 Å². The van der Waals surface area contributed by atoms with E-state index in [-0.39, 0.29) is 11.7 Å². The second kappa shape index (κ2) is 9.55. The van der Waals surface area contributed by atoms with Crippen molar-refractivity contribution >= 4 is 17.9 Å². The number of halogens is 2. The van der Waals surface area contributed by atoms with Crippen LogP contribution in [0.5, 0.6) is 5.75 Å². The predicted molar refractivity (Wildman–Crippen MR) is 83.0 cm³/mol. The number of hydrogen-bond donors (Lipinski definition) is 2. The maximum absolute atomic E-state index is 12.0. The van der Waals surface area contributed by atoms with E-state index < -0.39 is 18.6 Å². The molecule has 2 N–H and O–H groups in total. The van der Waals surface area contributed by atoms with Crippen molar-refractivity contribution in [1.82, 2.24) is 10.6 Å². The quantitative estimate of drug-likeness (QED) is 0.721. The average molecular weight is 326 g/mol. The molecule has 1 aromatic rings. The van der Waals surface area contributed by atoms with Crippen molar-refractivity contribution in [3.8, 4) is 5.75 Å². The van der Waals surface area contributed by atoms with Crippen LogP contribution < -0.4 is 15.4 Å². The summed E-state index contributed by atoms with van der Waals surface area (Å²) < 4.78 is 28.3. The molecule has 0 saturated carbocycles. The molecule has 0 saturated heterocycles. The molecule has 0 aliphatic carbocycles. The minimum absolute atomic E-state index is 0.0443. The summed E-state index contributed by atoms with van der Waals surface area (Å²) in [5.41, 5.74) is 0.643. The van der Waals surface area contributed by atoms with E-state index >= 15 is 0 Å². The molecule has 0 fully saturated rings. The van der Waals surface area contributed by atoms with Gasteiger partial charge in [-0.2, -0.15) is 8.78 Å². The van der Waals surface area contributed by atoms with E-state index in [1.54, 1.807) is 19.1 Å². The number of ether oxygens (including phenoxy) is 1. The van der Waals surface area contributed by atoms with Gasteiger partial charge < -0.3 is 15.4 Å². The fourth-order valence-electron chi connectivity index (χ4n) is 1.66. The third kappa shape index (κ3) is 7.39. The van der Waals surface area contributed by atoms with Crippen LogP contribution in [0.4, 0.5) is 8.78 Å². The molecule has 7 heteroatoms. The molecule has 5 nitrogen and oxygen atoms in total. The van der Waals surface area contributed by atoms with Gasteiger partial charge in [-0.25, -0.2) is 0 Å². The number of hydrogen-bond acceptors (Lipinski definition) is 3. The van der Waals surface area contributed by atoms with Crippen molar-refractivity contribution in [3.05, 3.63) is 35.9 Å². The number of alkyl halides is 2. The smallest absolute Gasteiger partial charge is 0.387 e. The summed E-state index contributed by atoms with van der Waals surface area (Å²) >= 11 is 0. The van der Waals surface area contributed by atoms with Gasteiger partial charge in [0.2, 0.25) is 11.8 Å². The lowest BCUT2D eigenvalue weighted by Gasteiger charge is -2.12. The van der Waals surface area contributed by atoms with Crippen LogP contribution in [0.25, 0.3) is 6.08 Å². The van der Waals surface area contributed by atoms with Crippen LogP contribution in [0.15, 0.2) is 30.3 Å². The molecule has 1 atom stereocenters. The van der Waals surface area contributed by atoms with Gasteiger partial charge >= 0.3 is 6.61 Å². The minimum Gasteiger partial charge on any atom is -0.435 e. The zero-order valence-corrected chi connectivity index (χ0v) is 13.0. The van der Waals surface area contributed by atoms with Crippen LogP contribution >= 0.6 is 0 Å². The maximum atomic E-state index is 12.0. The number of nitrogens with one attached hydrogen (secondary N) is 2. The van der Waals surface area contributed by atoms with E-state index in [1.165, 1.54) is 24.3 Å². The van der Waals surface area contributed by atoms with Gasteiger partial charge in [0.25, 0.3) is 0 Å². The molecular weight excluding hydrogens is 306 g/mol. The summed E-state index contributed by atoms with van der Waals surface area (Å²) in [4.78, 5) is 23.3. The van der Waals surface area contributed by atoms with E-state index in [0.29, 0.717) is 12.1 Å². The van der Waals surface area contributed by atoms with Crippen molar-refractivity contribution in [3.63, 3.8) is 0 Å². The van der Waals surface area contributed by atoms with Crippen molar-refractivity contribution in [2.45, 2.75) is 32.9 Å². The summed E-state index contributed by atoms with van der Waals surface area (Å²) in [5, 5.41) is 5.21. The maximum Gasteiger partial charge on any atom is 0.387 e. The Hall–Kier alpha value is -2.44. The third-order valence-corrected chi connectivity index (χ3v) is 2.83. The van der Waals surface area contributed by atoms with Crippen LogP contribution in [-0.4, -0.2) is 31.0 Å². The Morgan fingerprint density at radius 2 is 1.91 bits per heavy atom. The van der Waals surface area contributed by atoms with Gasteiger partial charge in [0.15, 0.2) is 0 Å². The molecule has 0 spiro atoms. The first-order valence-corrected chi connectivity index (χ1v) is 7.23. The summed E-state index contributed by atoms with van der Waals surface area (Å²) in [5.74, 6) is -0.623. The second-order valence-corrected chi connectivity index (χ2v) is 4.80. The number of carbonyl (C=O) groups excluding carboxylic acids is 2. The van der Waals surface area contributed by atoms with Crippen molar-refractivity contribution in [2.75, 3.05) is 6.54 Å². The Labute approximate surface area is 133 Å². The highest BCUT2D eigenvalue weighted by Crippen LogP contribution is 2.15. The van der Waals surface area contributed by atoms with Crippen LogP contribution in [0, 0.1) is 0 Å². The highest BCUT2D eigenvalue weighted by Gasteiger charge is 2.13. The lowest BCUT2D eigenvalue weighted by Crippen LogP contribution is -2.44. The third-order valence-electron chi connectivity index (χ3n) is 2.83. The van der Waals surface area contributed by atoms with Crippen LogP contribution in [0.3, 0.4) is 0 Å². The standard InChI is InChI=1S/C16H20F2N2O3/c1-3-10-19-15(22)11(2)20-14(21)9-6-12-4-7-13(8-5-12)23-16(17)18/h4-9,11,16H,3,10H2,1-2H3,(H,19,22)(H,20,21)/b9-6+/t11-/m0/s1. The molecule has 0 radical (unpaired) electrons. The van der Waals surface area contributed by atoms with Gasteiger partial charge in [-0.05, 0) is 37.1 Å². The van der Waals surface area contributed by atoms with Gasteiger partial charge in [0, 0.05) is 12.6 Å². The van der Waals surface area contributed by atoms with Gasteiger partial charge in [0.1, 0.15) is 11.8 Å². The van der Waals surface area contributed by atoms with Gasteiger partial charge in [0.05, 0.1) is 0 Å². The number of rotatable bonds is 8. The number of carbonyl (C=O) groups is 2. The first-order chi connectivity index (χ1) is 10.9. The molecule has 0 unspecified atom stereocenters. The highest BCUT2D eigenvalue weighted by atomic mass is 19.3. The summed E-state index contributed by atoms with van der Waals surface area (Å²) in [6.07, 6.45) is 3.60. The molecule has 0 aromatic heterocycles. The first kappa shape index (κ1) is 18.6. The number of amides is 2. The van der Waals surface area contributed by atoms with E-state index in [9.17, 15) is 18.4 Å². The molecular formula is C16H20F2N2O3. The molecule has 23 heavy (non-hydrogen) atoms. The Balaban J connectivity index is 2.49. The van der Waals surface area contributed by atoms with E-state index in [2.05, 4.69) is 15.4 Å². The molecule has 0 heterocycles. The average Bonchev–Trinajstić information content (AvgIpc) is 2.51. The fourth-order valence-corrected chi connectivity index (χ4v) is 1.66. The molecule has 2 amide bonds. The highest BCUT2D eigenvalue weighted by molar-refractivity contribution is 5.95. The minimum atomic E-state index is -2.87. The Morgan fingerprint density at radius 3 is 2.48 bits per heavy atom. The zero-order valence-electron chi connectivity index (χ0n) is 13.0. The zero-order chi connectivity index (χ0) is 17.2. The Bertz CT molecular complexity index is 545. The van der Waals surface area contributed by atoms with Gasteiger partial charge in [-0.3, -0.25) is 9.59 Å². The van der Waals surface area contributed by atoms with E-state index in [4.69, 9.17) is 0 Å². The fraction of sp³-hybridized carbons (Fsp3) is 0.375. The molecule has 126 valence electrons.